The fourth-order valence-corrected chi connectivity index (χ4v) is 4.57. The standard InChI is InChI=1S/C21H18O8/c1-25-15-8-10(3-4-14(15)22)7-12-17-21(29-19(12)24)6-5-11-13(18(23)26-2)9-27-20(28-17)16(11)21/h3-9,11,16-17,20,22H,1-2H3/t11-,16-,17-,20+,21-/m1/s1. The van der Waals surface area contributed by atoms with Crippen LogP contribution in [0.25, 0.3) is 6.08 Å². The number of methoxy groups -OCH3 is 2. The molecule has 8 heteroatoms. The molecule has 1 spiro atoms. The van der Waals surface area contributed by atoms with E-state index in [9.17, 15) is 14.7 Å². The molecule has 5 rings (SSSR count). The van der Waals surface area contributed by atoms with E-state index in [0.29, 0.717) is 16.7 Å². The van der Waals surface area contributed by atoms with Crippen molar-refractivity contribution in [1.29, 1.82) is 0 Å². The first-order valence-corrected chi connectivity index (χ1v) is 9.09. The van der Waals surface area contributed by atoms with E-state index >= 15 is 0 Å². The van der Waals surface area contributed by atoms with E-state index in [4.69, 9.17) is 23.7 Å². The van der Waals surface area contributed by atoms with Crippen LogP contribution >= 0.6 is 0 Å². The minimum Gasteiger partial charge on any atom is -0.504 e. The Morgan fingerprint density at radius 1 is 1.31 bits per heavy atom. The number of aromatic hydroxyl groups is 1. The third-order valence-electron chi connectivity index (χ3n) is 5.87. The van der Waals surface area contributed by atoms with Crippen molar-refractivity contribution in [2.24, 2.45) is 11.8 Å². The highest BCUT2D eigenvalue weighted by molar-refractivity contribution is 5.99. The third-order valence-corrected chi connectivity index (χ3v) is 5.87. The fraction of sp³-hybridized carbons (Fsp3) is 0.333. The molecule has 0 saturated carbocycles. The smallest absolute Gasteiger partial charge is 0.337 e. The molecule has 3 heterocycles. The third kappa shape index (κ3) is 2.35. The number of benzene rings is 1. The van der Waals surface area contributed by atoms with Crippen LogP contribution in [0.3, 0.4) is 0 Å². The van der Waals surface area contributed by atoms with E-state index in [1.54, 1.807) is 24.3 Å². The van der Waals surface area contributed by atoms with E-state index in [-0.39, 0.29) is 23.3 Å². The van der Waals surface area contributed by atoms with Crippen LogP contribution in [0.5, 0.6) is 11.5 Å². The first-order chi connectivity index (χ1) is 14.0. The second-order valence-electron chi connectivity index (χ2n) is 7.27. The second-order valence-corrected chi connectivity index (χ2v) is 7.27. The molecule has 1 N–H and O–H groups in total. The van der Waals surface area contributed by atoms with Crippen molar-refractivity contribution in [1.82, 2.24) is 0 Å². The molecule has 8 nitrogen and oxygen atoms in total. The van der Waals surface area contributed by atoms with Gasteiger partial charge in [0, 0.05) is 5.92 Å². The summed E-state index contributed by atoms with van der Waals surface area (Å²) in [5, 5.41) is 9.78. The number of phenolic OH excluding ortho intramolecular Hbond substituents is 1. The number of esters is 2. The molecule has 5 atom stereocenters. The van der Waals surface area contributed by atoms with E-state index in [2.05, 4.69) is 0 Å². The number of hydrogen-bond donors (Lipinski definition) is 1. The lowest BCUT2D eigenvalue weighted by atomic mass is 9.78. The van der Waals surface area contributed by atoms with Gasteiger partial charge in [-0.25, -0.2) is 9.59 Å². The first kappa shape index (κ1) is 17.8. The Balaban J connectivity index is 1.52. The van der Waals surface area contributed by atoms with Crippen molar-refractivity contribution in [3.63, 3.8) is 0 Å². The van der Waals surface area contributed by atoms with Crippen molar-refractivity contribution in [2.75, 3.05) is 14.2 Å². The van der Waals surface area contributed by atoms with Crippen LogP contribution < -0.4 is 4.74 Å². The predicted octanol–water partition coefficient (Wildman–Crippen LogP) is 1.69. The van der Waals surface area contributed by atoms with Crippen LogP contribution in [0, 0.1) is 11.8 Å². The number of hydrogen-bond acceptors (Lipinski definition) is 8. The van der Waals surface area contributed by atoms with Gasteiger partial charge in [0.05, 0.1) is 37.5 Å². The van der Waals surface area contributed by atoms with Gasteiger partial charge < -0.3 is 28.8 Å². The zero-order valence-corrected chi connectivity index (χ0v) is 15.7. The van der Waals surface area contributed by atoms with E-state index in [1.807, 2.05) is 6.08 Å². The Labute approximate surface area is 165 Å². The summed E-state index contributed by atoms with van der Waals surface area (Å²) in [6, 6.07) is 4.76. The normalized spacial score (nSPS) is 34.9. The van der Waals surface area contributed by atoms with Gasteiger partial charge in [0.1, 0.15) is 6.10 Å². The summed E-state index contributed by atoms with van der Waals surface area (Å²) >= 11 is 0. The average molecular weight is 398 g/mol. The summed E-state index contributed by atoms with van der Waals surface area (Å²) in [5.74, 6) is -1.41. The molecule has 4 aliphatic rings. The highest BCUT2D eigenvalue weighted by Crippen LogP contribution is 2.58. The van der Waals surface area contributed by atoms with Gasteiger partial charge in [0.15, 0.2) is 17.1 Å². The molecule has 0 aromatic heterocycles. The first-order valence-electron chi connectivity index (χ1n) is 9.09. The van der Waals surface area contributed by atoms with Crippen LogP contribution in [-0.4, -0.2) is 49.3 Å². The SMILES string of the molecule is COC(=O)C1=CO[C@H]2O[C@@H]3C(=Cc4ccc(O)c(OC)c4)C(=O)O[C@@]34C=C[C@H]1[C@H]24. The summed E-state index contributed by atoms with van der Waals surface area (Å²) in [4.78, 5) is 24.8. The van der Waals surface area contributed by atoms with Crippen LogP contribution in [-0.2, 0) is 28.5 Å². The second kappa shape index (κ2) is 6.12. The van der Waals surface area contributed by atoms with E-state index in [0.717, 1.165) is 0 Å². The van der Waals surface area contributed by atoms with Crippen LogP contribution in [0.1, 0.15) is 5.56 Å². The number of carbonyl (C=O) groups excluding carboxylic acids is 2. The van der Waals surface area contributed by atoms with Gasteiger partial charge in [-0.3, -0.25) is 0 Å². The van der Waals surface area contributed by atoms with Gasteiger partial charge in [0.2, 0.25) is 6.29 Å². The summed E-state index contributed by atoms with van der Waals surface area (Å²) in [7, 11) is 2.75. The zero-order valence-electron chi connectivity index (χ0n) is 15.7. The maximum atomic E-state index is 12.7. The van der Waals surface area contributed by atoms with Crippen molar-refractivity contribution >= 4 is 18.0 Å². The summed E-state index contributed by atoms with van der Waals surface area (Å²) < 4.78 is 27.4. The molecular formula is C21H18O8. The lowest BCUT2D eigenvalue weighted by Gasteiger charge is -2.32. The number of allylic oxidation sites excluding steroid dienone is 1. The van der Waals surface area contributed by atoms with Crippen LogP contribution in [0.2, 0.25) is 0 Å². The summed E-state index contributed by atoms with van der Waals surface area (Å²) in [6.07, 6.45) is 5.30. The van der Waals surface area contributed by atoms with Crippen LogP contribution in [0.15, 0.2) is 47.8 Å². The lowest BCUT2D eigenvalue weighted by molar-refractivity contribution is -0.152. The van der Waals surface area contributed by atoms with Crippen molar-refractivity contribution in [2.45, 2.75) is 18.0 Å². The van der Waals surface area contributed by atoms with Crippen molar-refractivity contribution < 1.29 is 38.4 Å². The largest absolute Gasteiger partial charge is 0.504 e. The lowest BCUT2D eigenvalue weighted by Crippen LogP contribution is -2.43. The highest BCUT2D eigenvalue weighted by Gasteiger charge is 2.70. The molecule has 3 aliphatic heterocycles. The Hall–Kier alpha value is -3.26. The highest BCUT2D eigenvalue weighted by atomic mass is 16.7. The van der Waals surface area contributed by atoms with Gasteiger partial charge in [0.25, 0.3) is 0 Å². The van der Waals surface area contributed by atoms with Gasteiger partial charge >= 0.3 is 11.9 Å². The minimum atomic E-state index is -1.03. The Morgan fingerprint density at radius 3 is 2.90 bits per heavy atom. The zero-order chi connectivity index (χ0) is 20.3. The molecule has 2 saturated heterocycles. The average Bonchev–Trinajstić information content (AvgIpc) is 3.33. The number of rotatable bonds is 3. The summed E-state index contributed by atoms with van der Waals surface area (Å²) in [6.45, 7) is 0. The topological polar surface area (TPSA) is 101 Å². The quantitative estimate of drug-likeness (QED) is 0.467. The number of ether oxygens (including phenoxy) is 5. The van der Waals surface area contributed by atoms with E-state index < -0.39 is 29.9 Å². The van der Waals surface area contributed by atoms with Crippen molar-refractivity contribution in [3.05, 3.63) is 53.3 Å². The molecule has 0 bridgehead atoms. The summed E-state index contributed by atoms with van der Waals surface area (Å²) in [5.41, 5.74) is 0.311. The molecule has 1 aliphatic carbocycles. The molecule has 1 aromatic rings. The van der Waals surface area contributed by atoms with Gasteiger partial charge in [-0.05, 0) is 29.8 Å². The van der Waals surface area contributed by atoms with Gasteiger partial charge in [-0.1, -0.05) is 12.1 Å². The molecule has 0 radical (unpaired) electrons. The van der Waals surface area contributed by atoms with E-state index in [1.165, 1.54) is 26.5 Å². The number of phenols is 1. The molecule has 150 valence electrons. The fourth-order valence-electron chi connectivity index (χ4n) is 4.57. The minimum absolute atomic E-state index is 0.000336. The Kier molecular flexibility index (Phi) is 3.76. The van der Waals surface area contributed by atoms with Gasteiger partial charge in [-0.15, -0.1) is 0 Å². The van der Waals surface area contributed by atoms with Gasteiger partial charge in [-0.2, -0.15) is 0 Å². The van der Waals surface area contributed by atoms with Crippen LogP contribution in [0.4, 0.5) is 0 Å². The molecule has 1 aromatic carbocycles. The molecular weight excluding hydrogens is 380 g/mol. The molecule has 0 amide bonds. The maximum Gasteiger partial charge on any atom is 0.337 e. The monoisotopic (exact) mass is 398 g/mol. The Bertz CT molecular complexity index is 1010. The number of carbonyl (C=O) groups is 2. The Morgan fingerprint density at radius 2 is 2.14 bits per heavy atom. The predicted molar refractivity (Wildman–Crippen MR) is 97.4 cm³/mol. The molecule has 2 fully saturated rings. The molecule has 29 heavy (non-hydrogen) atoms. The molecule has 0 unspecified atom stereocenters. The maximum absolute atomic E-state index is 12.7. The van der Waals surface area contributed by atoms with Crippen molar-refractivity contribution in [3.8, 4) is 11.5 Å².